The largest absolute Gasteiger partial charge is 0.673 e. The van der Waals surface area contributed by atoms with E-state index < -0.39 is 7.25 Å². The van der Waals surface area contributed by atoms with Crippen LogP contribution in [-0.4, -0.2) is 18.4 Å². The Labute approximate surface area is 105 Å². The maximum atomic E-state index is 9.75. The van der Waals surface area contributed by atoms with E-state index in [-0.39, 0.29) is 0 Å². The smallest absolute Gasteiger partial charge is 0.418 e. The number of nitrogens with zero attached hydrogens (tertiary/aromatic N) is 2. The highest BCUT2D eigenvalue weighted by atomic mass is 19.5. The standard InChI is InChI=1S/C10H20N3.BF4/c1-2-3-6-12-8-9-13(10-12)7-4-5-11;2-1(3,4)5/h8-10H,2-7,11H2,1H3;/q+1;-1. The van der Waals surface area contributed by atoms with Gasteiger partial charge in [0.25, 0.3) is 0 Å². The molecule has 0 aromatic carbocycles. The van der Waals surface area contributed by atoms with Gasteiger partial charge < -0.3 is 23.0 Å². The van der Waals surface area contributed by atoms with Crippen molar-refractivity contribution in [3.8, 4) is 0 Å². The Morgan fingerprint density at radius 1 is 1.22 bits per heavy atom. The Morgan fingerprint density at radius 2 is 1.83 bits per heavy atom. The van der Waals surface area contributed by atoms with Crippen LogP contribution in [0.25, 0.3) is 0 Å². The highest BCUT2D eigenvalue weighted by molar-refractivity contribution is 6.50. The summed E-state index contributed by atoms with van der Waals surface area (Å²) in [5, 5.41) is 0. The van der Waals surface area contributed by atoms with Gasteiger partial charge >= 0.3 is 7.25 Å². The van der Waals surface area contributed by atoms with Gasteiger partial charge in [-0.05, 0) is 19.4 Å². The zero-order chi connectivity index (χ0) is 14.0. The average molecular weight is 269 g/mol. The van der Waals surface area contributed by atoms with Gasteiger partial charge in [-0.25, -0.2) is 9.13 Å². The first-order valence-corrected chi connectivity index (χ1v) is 5.99. The Morgan fingerprint density at radius 3 is 2.33 bits per heavy atom. The quantitative estimate of drug-likeness (QED) is 0.479. The van der Waals surface area contributed by atoms with Crippen molar-refractivity contribution in [3.05, 3.63) is 18.7 Å². The molecule has 1 rings (SSSR count). The highest BCUT2D eigenvalue weighted by Crippen LogP contribution is 2.06. The third-order valence-corrected chi connectivity index (χ3v) is 2.14. The summed E-state index contributed by atoms with van der Waals surface area (Å²) in [5.41, 5.74) is 5.44. The van der Waals surface area contributed by atoms with Crippen molar-refractivity contribution in [2.45, 2.75) is 39.3 Å². The number of rotatable bonds is 6. The third-order valence-electron chi connectivity index (χ3n) is 2.14. The molecule has 1 aromatic rings. The summed E-state index contributed by atoms with van der Waals surface area (Å²) in [7, 11) is -6.00. The van der Waals surface area contributed by atoms with Crippen LogP contribution in [-0.2, 0) is 13.1 Å². The lowest BCUT2D eigenvalue weighted by atomic mass is 10.3. The van der Waals surface area contributed by atoms with Crippen LogP contribution in [0.2, 0.25) is 0 Å². The summed E-state index contributed by atoms with van der Waals surface area (Å²) in [6.07, 6.45) is 9.97. The SMILES string of the molecule is CCCC[n+]1ccn(CCCN)c1.F[B-](F)(F)F. The number of aryl methyl sites for hydroxylation is 2. The fraction of sp³-hybridized carbons (Fsp3) is 0.700. The van der Waals surface area contributed by atoms with Crippen LogP contribution in [0.15, 0.2) is 18.7 Å². The van der Waals surface area contributed by atoms with Gasteiger partial charge in [-0.1, -0.05) is 13.3 Å². The van der Waals surface area contributed by atoms with E-state index in [0.717, 1.165) is 26.1 Å². The van der Waals surface area contributed by atoms with E-state index in [1.165, 1.54) is 12.8 Å². The van der Waals surface area contributed by atoms with E-state index >= 15 is 0 Å². The molecule has 1 heterocycles. The lowest BCUT2D eigenvalue weighted by Crippen LogP contribution is -2.30. The first kappa shape index (κ1) is 17.0. The molecule has 2 N–H and O–H groups in total. The van der Waals surface area contributed by atoms with E-state index in [2.05, 4.69) is 34.8 Å². The lowest BCUT2D eigenvalue weighted by Gasteiger charge is -1.94. The third kappa shape index (κ3) is 11.4. The van der Waals surface area contributed by atoms with Crippen LogP contribution in [0.5, 0.6) is 0 Å². The molecule has 106 valence electrons. The highest BCUT2D eigenvalue weighted by Gasteiger charge is 2.20. The molecule has 0 aliphatic rings. The first-order valence-electron chi connectivity index (χ1n) is 5.99. The molecule has 0 saturated carbocycles. The number of imidazole rings is 1. The second kappa shape index (κ2) is 8.96. The van der Waals surface area contributed by atoms with Crippen LogP contribution < -0.4 is 10.3 Å². The molecule has 0 atom stereocenters. The molecule has 0 bridgehead atoms. The van der Waals surface area contributed by atoms with Crippen LogP contribution in [0, 0.1) is 0 Å². The number of nitrogens with two attached hydrogens (primary N) is 1. The summed E-state index contributed by atoms with van der Waals surface area (Å²) >= 11 is 0. The van der Waals surface area contributed by atoms with Crippen LogP contribution >= 0.6 is 0 Å². The number of halogens is 4. The number of unbranched alkanes of at least 4 members (excludes halogenated alkanes) is 1. The molecule has 0 radical (unpaired) electrons. The summed E-state index contributed by atoms with van der Waals surface area (Å²) in [4.78, 5) is 0. The minimum absolute atomic E-state index is 0.771. The van der Waals surface area contributed by atoms with E-state index in [0.29, 0.717) is 0 Å². The number of aromatic nitrogens is 2. The van der Waals surface area contributed by atoms with E-state index in [9.17, 15) is 17.3 Å². The molecule has 0 aliphatic heterocycles. The van der Waals surface area contributed by atoms with Crippen molar-refractivity contribution in [3.63, 3.8) is 0 Å². The zero-order valence-corrected chi connectivity index (χ0v) is 10.5. The van der Waals surface area contributed by atoms with Gasteiger partial charge in [-0.2, -0.15) is 0 Å². The molecule has 0 amide bonds. The minimum Gasteiger partial charge on any atom is -0.418 e. The van der Waals surface area contributed by atoms with Gasteiger partial charge in [0.05, 0.1) is 13.1 Å². The van der Waals surface area contributed by atoms with Crippen LogP contribution in [0.3, 0.4) is 0 Å². The average Bonchev–Trinajstić information content (AvgIpc) is 2.69. The summed E-state index contributed by atoms with van der Waals surface area (Å²) in [6.45, 7) is 5.15. The predicted molar refractivity (Wildman–Crippen MR) is 63.4 cm³/mol. The Balaban J connectivity index is 0.000000494. The second-order valence-electron chi connectivity index (χ2n) is 3.88. The molecule has 18 heavy (non-hydrogen) atoms. The minimum atomic E-state index is -6.00. The number of hydrogen-bond acceptors (Lipinski definition) is 1. The van der Waals surface area contributed by atoms with Gasteiger partial charge in [-0.3, -0.25) is 0 Å². The molecular formula is C10H20BF4N3. The molecule has 0 saturated heterocycles. The first-order chi connectivity index (χ1) is 8.36. The molecule has 0 unspecified atom stereocenters. The van der Waals surface area contributed by atoms with Crippen molar-refractivity contribution in [2.75, 3.05) is 6.54 Å². The predicted octanol–water partition coefficient (Wildman–Crippen LogP) is 2.22. The van der Waals surface area contributed by atoms with E-state index in [4.69, 9.17) is 5.73 Å². The second-order valence-corrected chi connectivity index (χ2v) is 3.88. The van der Waals surface area contributed by atoms with Gasteiger partial charge in [0.15, 0.2) is 0 Å². The zero-order valence-electron chi connectivity index (χ0n) is 10.5. The summed E-state index contributed by atoms with van der Waals surface area (Å²) in [6, 6.07) is 0. The van der Waals surface area contributed by atoms with Gasteiger partial charge in [0, 0.05) is 0 Å². The van der Waals surface area contributed by atoms with Gasteiger partial charge in [-0.15, -0.1) is 0 Å². The molecular weight excluding hydrogens is 249 g/mol. The van der Waals surface area contributed by atoms with Crippen LogP contribution in [0.4, 0.5) is 17.3 Å². The fourth-order valence-corrected chi connectivity index (χ4v) is 1.32. The molecule has 0 spiro atoms. The Bertz CT molecular complexity index is 286. The van der Waals surface area contributed by atoms with Gasteiger partial charge in [0.2, 0.25) is 6.33 Å². The Hall–Kier alpha value is -1.05. The fourth-order valence-electron chi connectivity index (χ4n) is 1.32. The van der Waals surface area contributed by atoms with Crippen molar-refractivity contribution < 1.29 is 21.8 Å². The van der Waals surface area contributed by atoms with Crippen molar-refractivity contribution >= 4 is 7.25 Å². The summed E-state index contributed by atoms with van der Waals surface area (Å²) in [5.74, 6) is 0. The molecule has 3 nitrogen and oxygen atoms in total. The molecule has 8 heteroatoms. The van der Waals surface area contributed by atoms with E-state index in [1.807, 2.05) is 0 Å². The van der Waals surface area contributed by atoms with Crippen molar-refractivity contribution in [1.29, 1.82) is 0 Å². The number of hydrogen-bond donors (Lipinski definition) is 1. The van der Waals surface area contributed by atoms with Crippen LogP contribution in [0.1, 0.15) is 26.2 Å². The topological polar surface area (TPSA) is 34.8 Å². The maximum Gasteiger partial charge on any atom is 0.673 e. The van der Waals surface area contributed by atoms with Gasteiger partial charge in [0.1, 0.15) is 12.4 Å². The summed E-state index contributed by atoms with van der Waals surface area (Å²) < 4.78 is 43.4. The Kier molecular flexibility index (Phi) is 8.44. The molecule has 0 aliphatic carbocycles. The maximum absolute atomic E-state index is 9.75. The van der Waals surface area contributed by atoms with Crippen molar-refractivity contribution in [1.82, 2.24) is 4.57 Å². The van der Waals surface area contributed by atoms with Crippen molar-refractivity contribution in [2.24, 2.45) is 5.73 Å². The lowest BCUT2D eigenvalue weighted by molar-refractivity contribution is -0.696. The monoisotopic (exact) mass is 269 g/mol. The molecule has 0 fully saturated rings. The molecule has 1 aromatic heterocycles. The van der Waals surface area contributed by atoms with E-state index in [1.54, 1.807) is 0 Å². The normalized spacial score (nSPS) is 11.0.